The van der Waals surface area contributed by atoms with Gasteiger partial charge in [-0.1, -0.05) is 45.0 Å². The van der Waals surface area contributed by atoms with Crippen molar-refractivity contribution in [1.82, 2.24) is 14.9 Å². The van der Waals surface area contributed by atoms with Crippen molar-refractivity contribution in [3.63, 3.8) is 0 Å². The van der Waals surface area contributed by atoms with E-state index in [0.717, 1.165) is 5.56 Å². The lowest BCUT2D eigenvalue weighted by molar-refractivity contribution is 0.151. The molecule has 0 bridgehead atoms. The number of hydrogen-bond acceptors (Lipinski definition) is 3. The third-order valence-corrected chi connectivity index (χ3v) is 4.74. The molecule has 1 atom stereocenters. The number of rotatable bonds is 5. The van der Waals surface area contributed by atoms with Crippen molar-refractivity contribution in [3.05, 3.63) is 77.8 Å². The first-order chi connectivity index (χ1) is 14.2. The van der Waals surface area contributed by atoms with Gasteiger partial charge in [-0.3, -0.25) is 0 Å². The van der Waals surface area contributed by atoms with Gasteiger partial charge in [0.15, 0.2) is 0 Å². The van der Waals surface area contributed by atoms with Crippen molar-refractivity contribution in [3.8, 4) is 11.3 Å². The van der Waals surface area contributed by atoms with Crippen LogP contribution in [-0.4, -0.2) is 22.8 Å². The Morgan fingerprint density at radius 2 is 1.80 bits per heavy atom. The first-order valence-electron chi connectivity index (χ1n) is 9.59. The summed E-state index contributed by atoms with van der Waals surface area (Å²) < 4.78 is 34.1. The number of carbonyl (C=O) groups excluding carboxylic acids is 1. The molecule has 3 rings (SSSR count). The fourth-order valence-corrected chi connectivity index (χ4v) is 3.25. The Morgan fingerprint density at radius 3 is 2.40 bits per heavy atom. The number of nitrogens with one attached hydrogen (secondary N) is 1. The third-order valence-electron chi connectivity index (χ3n) is 4.74. The maximum atomic E-state index is 13.8. The van der Waals surface area contributed by atoms with Gasteiger partial charge in [0, 0.05) is 18.3 Å². The number of nitrogens with zero attached hydrogens (tertiary/aromatic N) is 2. The van der Waals surface area contributed by atoms with Crippen molar-refractivity contribution in [2.45, 2.75) is 33.4 Å². The fourth-order valence-electron chi connectivity index (χ4n) is 3.25. The van der Waals surface area contributed by atoms with Crippen molar-refractivity contribution in [2.24, 2.45) is 5.41 Å². The lowest BCUT2D eigenvalue weighted by Gasteiger charge is -2.31. The monoisotopic (exact) mass is 413 g/mol. The SMILES string of the molecule is COC(=O)NC(c1nc(-c2cccc(F)c2)cn1Cc1cccc(F)c1)C(C)(C)C. The smallest absolute Gasteiger partial charge is 0.407 e. The van der Waals surface area contributed by atoms with E-state index in [4.69, 9.17) is 9.72 Å². The Kier molecular flexibility index (Phi) is 6.20. The average molecular weight is 413 g/mol. The number of imidazole rings is 1. The van der Waals surface area contributed by atoms with Crippen LogP contribution in [0.5, 0.6) is 0 Å². The molecule has 1 unspecified atom stereocenters. The van der Waals surface area contributed by atoms with Crippen LogP contribution in [0.15, 0.2) is 54.7 Å². The second-order valence-electron chi connectivity index (χ2n) is 8.19. The summed E-state index contributed by atoms with van der Waals surface area (Å²) in [5, 5.41) is 2.84. The van der Waals surface area contributed by atoms with Gasteiger partial charge in [-0.15, -0.1) is 0 Å². The molecule has 0 aliphatic carbocycles. The van der Waals surface area contributed by atoms with Gasteiger partial charge in [-0.25, -0.2) is 18.6 Å². The Balaban J connectivity index is 2.11. The number of alkyl carbamates (subject to hydrolysis) is 1. The molecule has 0 saturated heterocycles. The van der Waals surface area contributed by atoms with Gasteiger partial charge in [-0.05, 0) is 35.2 Å². The second kappa shape index (κ2) is 8.65. The summed E-state index contributed by atoms with van der Waals surface area (Å²) in [6, 6.07) is 11.9. The lowest BCUT2D eigenvalue weighted by atomic mass is 9.86. The predicted molar refractivity (Wildman–Crippen MR) is 111 cm³/mol. The van der Waals surface area contributed by atoms with E-state index >= 15 is 0 Å². The minimum atomic E-state index is -0.581. The van der Waals surface area contributed by atoms with Crippen LogP contribution in [0.3, 0.4) is 0 Å². The number of ether oxygens (including phenoxy) is 1. The molecular formula is C23H25F2N3O2. The highest BCUT2D eigenvalue weighted by Crippen LogP contribution is 2.34. The normalized spacial score (nSPS) is 12.5. The molecule has 1 amide bonds. The number of methoxy groups -OCH3 is 1. The molecule has 158 valence electrons. The first-order valence-corrected chi connectivity index (χ1v) is 9.59. The molecule has 1 heterocycles. The molecule has 0 fully saturated rings. The molecule has 3 aromatic rings. The molecule has 7 heteroatoms. The van der Waals surface area contributed by atoms with Crippen LogP contribution in [0.1, 0.15) is 38.2 Å². The van der Waals surface area contributed by atoms with Crippen LogP contribution in [0.2, 0.25) is 0 Å². The third kappa shape index (κ3) is 5.03. The van der Waals surface area contributed by atoms with Crippen LogP contribution in [0.4, 0.5) is 13.6 Å². The molecule has 0 saturated carbocycles. The van der Waals surface area contributed by atoms with Gasteiger partial charge in [0.25, 0.3) is 0 Å². The van der Waals surface area contributed by atoms with E-state index in [-0.39, 0.29) is 11.6 Å². The molecule has 1 N–H and O–H groups in total. The van der Waals surface area contributed by atoms with Gasteiger partial charge in [0.1, 0.15) is 17.5 Å². The molecule has 30 heavy (non-hydrogen) atoms. The summed E-state index contributed by atoms with van der Waals surface area (Å²) in [6.07, 6.45) is 1.20. The molecule has 2 aromatic carbocycles. The Labute approximate surface area is 174 Å². The summed E-state index contributed by atoms with van der Waals surface area (Å²) in [5.41, 5.74) is 1.50. The number of carbonyl (C=O) groups is 1. The molecular weight excluding hydrogens is 388 g/mol. The predicted octanol–water partition coefficient (Wildman–Crippen LogP) is 5.32. The number of hydrogen-bond donors (Lipinski definition) is 1. The van der Waals surface area contributed by atoms with Gasteiger partial charge < -0.3 is 14.6 Å². The maximum absolute atomic E-state index is 13.8. The van der Waals surface area contributed by atoms with Gasteiger partial charge in [-0.2, -0.15) is 0 Å². The van der Waals surface area contributed by atoms with Crippen molar-refractivity contribution >= 4 is 6.09 Å². The van der Waals surface area contributed by atoms with Crippen molar-refractivity contribution in [1.29, 1.82) is 0 Å². The molecule has 0 aliphatic heterocycles. The van der Waals surface area contributed by atoms with E-state index in [1.165, 1.54) is 31.4 Å². The standard InChI is InChI=1S/C23H25F2N3O2/c1-23(2,3)20(27-22(29)30-4)21-26-19(16-8-6-10-18(25)12-16)14-28(21)13-15-7-5-9-17(24)11-15/h5-12,14,20H,13H2,1-4H3,(H,27,29). The Hall–Kier alpha value is -3.22. The first kappa shape index (κ1) is 21.5. The highest BCUT2D eigenvalue weighted by molar-refractivity contribution is 5.68. The summed E-state index contributed by atoms with van der Waals surface area (Å²) in [7, 11) is 1.30. The molecule has 1 aromatic heterocycles. The summed E-state index contributed by atoms with van der Waals surface area (Å²) in [6.45, 7) is 6.24. The van der Waals surface area contributed by atoms with Crippen LogP contribution in [0.25, 0.3) is 11.3 Å². The van der Waals surface area contributed by atoms with Gasteiger partial charge in [0.2, 0.25) is 0 Å². The summed E-state index contributed by atoms with van der Waals surface area (Å²) in [4.78, 5) is 16.7. The molecule has 5 nitrogen and oxygen atoms in total. The van der Waals surface area contributed by atoms with Crippen LogP contribution in [-0.2, 0) is 11.3 Å². The molecule has 0 aliphatic rings. The van der Waals surface area contributed by atoms with E-state index < -0.39 is 17.6 Å². The quantitative estimate of drug-likeness (QED) is 0.616. The van der Waals surface area contributed by atoms with E-state index in [2.05, 4.69) is 5.32 Å². The zero-order valence-corrected chi connectivity index (χ0v) is 17.4. The lowest BCUT2D eigenvalue weighted by Crippen LogP contribution is -2.38. The minimum absolute atomic E-state index is 0.334. The van der Waals surface area contributed by atoms with E-state index in [9.17, 15) is 13.6 Å². The van der Waals surface area contributed by atoms with Crippen molar-refractivity contribution < 1.29 is 18.3 Å². The van der Waals surface area contributed by atoms with Crippen molar-refractivity contribution in [2.75, 3.05) is 7.11 Å². The summed E-state index contributed by atoms with van der Waals surface area (Å²) in [5.74, 6) is -0.134. The second-order valence-corrected chi connectivity index (χ2v) is 8.19. The largest absolute Gasteiger partial charge is 0.453 e. The van der Waals surface area contributed by atoms with Gasteiger partial charge in [0.05, 0.1) is 18.8 Å². The number of amides is 1. The van der Waals surface area contributed by atoms with E-state index in [0.29, 0.717) is 23.6 Å². The number of benzene rings is 2. The average Bonchev–Trinajstić information content (AvgIpc) is 3.08. The highest BCUT2D eigenvalue weighted by Gasteiger charge is 2.32. The Morgan fingerprint density at radius 1 is 1.13 bits per heavy atom. The summed E-state index contributed by atoms with van der Waals surface area (Å²) >= 11 is 0. The number of aromatic nitrogens is 2. The molecule has 0 radical (unpaired) electrons. The number of halogens is 2. The zero-order valence-electron chi connectivity index (χ0n) is 17.4. The highest BCUT2D eigenvalue weighted by atomic mass is 19.1. The zero-order chi connectivity index (χ0) is 21.9. The fraction of sp³-hybridized carbons (Fsp3) is 0.304. The maximum Gasteiger partial charge on any atom is 0.407 e. The van der Waals surface area contributed by atoms with E-state index in [1.54, 1.807) is 24.4 Å². The molecule has 0 spiro atoms. The Bertz CT molecular complexity index is 1040. The van der Waals surface area contributed by atoms with Gasteiger partial charge >= 0.3 is 6.09 Å². The minimum Gasteiger partial charge on any atom is -0.453 e. The van der Waals surface area contributed by atoms with Crippen LogP contribution < -0.4 is 5.32 Å². The van der Waals surface area contributed by atoms with E-state index in [1.807, 2.05) is 31.4 Å². The topological polar surface area (TPSA) is 56.1 Å². The van der Waals surface area contributed by atoms with Crippen LogP contribution >= 0.6 is 0 Å². The van der Waals surface area contributed by atoms with Crippen LogP contribution in [0, 0.1) is 17.0 Å².